The number of primary amides is 2. The van der Waals surface area contributed by atoms with Crippen molar-refractivity contribution in [2.24, 2.45) is 34.8 Å². The molecule has 1 saturated heterocycles. The second-order valence-corrected chi connectivity index (χ2v) is 22.9. The molecule has 0 radical (unpaired) electrons. The number of amides is 11. The van der Waals surface area contributed by atoms with Gasteiger partial charge in [0, 0.05) is 59.8 Å². The summed E-state index contributed by atoms with van der Waals surface area (Å²) in [7, 11) is 2.08. The fraction of sp³-hybridized carbons (Fsp3) is 0.549. The van der Waals surface area contributed by atoms with Crippen molar-refractivity contribution >= 4 is 103 Å². The summed E-state index contributed by atoms with van der Waals surface area (Å²) >= 11 is 0. The van der Waals surface area contributed by atoms with E-state index in [-0.39, 0.29) is 56.1 Å². The number of aromatic amines is 2. The maximum Gasteiger partial charge on any atom is 0.303 e. The Bertz CT molecular complexity index is 2730. The second kappa shape index (κ2) is 33.2. The number of nitrogens with zero attached hydrogens (tertiary/aromatic N) is 1. The molecule has 1 aromatic carbocycles. The molecule has 0 bridgehead atoms. The van der Waals surface area contributed by atoms with Gasteiger partial charge in [-0.25, -0.2) is 4.98 Å². The molecular formula is C51H76N16O13S2. The van der Waals surface area contributed by atoms with Crippen LogP contribution in [0.3, 0.4) is 0 Å². The topological polar surface area (TPSA) is 482 Å². The number of rotatable bonds is 17. The SMILES string of the molecule is CC(C)C[C@@H]1NC(=O)[C@H](CCCCN)NC(=O)[C@H](CC(N)=O)NC(=O)CNC(=O)[C@H](CCC(=O)O)NC(=O)[C@H](Cc2c[nH]c3ccccc23)NC(=O)[C@H](C(C)C)NC(=O)[C@@H](N)CSSC[C@@H](C(N)=O)NC(=O)[C@H](Cc2cnc[nH]2)NC1=O. The monoisotopic (exact) mass is 1180 g/mol. The summed E-state index contributed by atoms with van der Waals surface area (Å²) in [4.78, 5) is 173. The van der Waals surface area contributed by atoms with Crippen LogP contribution in [0.4, 0.5) is 0 Å². The Morgan fingerprint density at radius 1 is 0.671 bits per heavy atom. The zero-order valence-electron chi connectivity index (χ0n) is 46.0. The molecule has 82 heavy (non-hydrogen) atoms. The normalized spacial score (nSPS) is 24.2. The fourth-order valence-corrected chi connectivity index (χ4v) is 10.7. The van der Waals surface area contributed by atoms with Crippen LogP contribution in [0.5, 0.6) is 0 Å². The number of hydrogen-bond donors (Lipinski definition) is 16. The maximum absolute atomic E-state index is 14.4. The van der Waals surface area contributed by atoms with Crippen LogP contribution < -0.4 is 70.8 Å². The Labute approximate surface area is 480 Å². The lowest BCUT2D eigenvalue weighted by molar-refractivity contribution is -0.138. The van der Waals surface area contributed by atoms with Crippen molar-refractivity contribution in [1.82, 2.24) is 62.8 Å². The van der Waals surface area contributed by atoms with E-state index in [1.54, 1.807) is 58.2 Å². The highest BCUT2D eigenvalue weighted by atomic mass is 33.1. The van der Waals surface area contributed by atoms with Crippen molar-refractivity contribution < 1.29 is 62.6 Å². The van der Waals surface area contributed by atoms with Crippen molar-refractivity contribution in [2.75, 3.05) is 24.6 Å². The van der Waals surface area contributed by atoms with Crippen molar-refractivity contribution in [3.63, 3.8) is 0 Å². The highest BCUT2D eigenvalue weighted by molar-refractivity contribution is 8.76. The third-order valence-electron chi connectivity index (χ3n) is 12.8. The summed E-state index contributed by atoms with van der Waals surface area (Å²) in [5, 5.41) is 33.1. The Kier molecular flexibility index (Phi) is 27.0. The summed E-state index contributed by atoms with van der Waals surface area (Å²) in [6, 6.07) is -5.81. The fourth-order valence-electron chi connectivity index (χ4n) is 8.43. The van der Waals surface area contributed by atoms with Gasteiger partial charge in [-0.05, 0) is 62.1 Å². The molecule has 20 N–H and O–H groups in total. The van der Waals surface area contributed by atoms with Crippen LogP contribution in [0.15, 0.2) is 43.0 Å². The molecule has 4 rings (SSSR count). The van der Waals surface area contributed by atoms with Gasteiger partial charge in [0.05, 0.1) is 25.3 Å². The predicted octanol–water partition coefficient (Wildman–Crippen LogP) is -3.55. The zero-order chi connectivity index (χ0) is 60.6. The molecule has 11 amide bonds. The zero-order valence-corrected chi connectivity index (χ0v) is 47.6. The average molecular weight is 1190 g/mol. The number of carboxylic acids is 1. The average Bonchev–Trinajstić information content (AvgIpc) is 4.31. The molecule has 1 aliphatic rings. The van der Waals surface area contributed by atoms with Gasteiger partial charge in [-0.3, -0.25) is 57.5 Å². The molecule has 1 fully saturated rings. The summed E-state index contributed by atoms with van der Waals surface area (Å²) in [6.45, 7) is 6.09. The second-order valence-electron chi connectivity index (χ2n) is 20.4. The third kappa shape index (κ3) is 21.9. The first-order valence-corrected chi connectivity index (χ1v) is 29.1. The first kappa shape index (κ1) is 66.7. The van der Waals surface area contributed by atoms with Crippen LogP contribution in [-0.4, -0.2) is 170 Å². The first-order valence-electron chi connectivity index (χ1n) is 26.6. The number of fused-ring (bicyclic) bond motifs is 1. The van der Waals surface area contributed by atoms with E-state index in [1.807, 2.05) is 0 Å². The van der Waals surface area contributed by atoms with Gasteiger partial charge in [-0.1, -0.05) is 67.5 Å². The lowest BCUT2D eigenvalue weighted by Crippen LogP contribution is -2.60. The smallest absolute Gasteiger partial charge is 0.303 e. The van der Waals surface area contributed by atoms with Crippen molar-refractivity contribution in [3.8, 4) is 0 Å². The lowest BCUT2D eigenvalue weighted by Gasteiger charge is -2.28. The lowest BCUT2D eigenvalue weighted by atomic mass is 10.00. The third-order valence-corrected chi connectivity index (χ3v) is 15.3. The van der Waals surface area contributed by atoms with E-state index in [2.05, 4.69) is 62.8 Å². The number of nitrogens with one attached hydrogen (secondary N) is 11. The quantitative estimate of drug-likeness (QED) is 0.0460. The highest BCUT2D eigenvalue weighted by Gasteiger charge is 2.36. The van der Waals surface area contributed by atoms with Gasteiger partial charge in [0.25, 0.3) is 0 Å². The number of carboxylic acid groups (broad SMARTS) is 1. The number of aliphatic carboxylic acids is 1. The Balaban J connectivity index is 1.74. The number of nitrogens with two attached hydrogens (primary N) is 4. The first-order chi connectivity index (χ1) is 38.9. The van der Waals surface area contributed by atoms with Crippen molar-refractivity contribution in [2.45, 2.75) is 140 Å². The molecule has 450 valence electrons. The minimum Gasteiger partial charge on any atom is -0.481 e. The summed E-state index contributed by atoms with van der Waals surface area (Å²) in [5.74, 6) is -12.7. The van der Waals surface area contributed by atoms with Crippen LogP contribution in [0, 0.1) is 11.8 Å². The number of unbranched alkanes of at least 4 members (excludes halogenated alkanes) is 1. The van der Waals surface area contributed by atoms with Crippen LogP contribution >= 0.6 is 21.6 Å². The van der Waals surface area contributed by atoms with E-state index in [0.717, 1.165) is 21.6 Å². The number of aromatic nitrogens is 3. The van der Waals surface area contributed by atoms with Crippen molar-refractivity contribution in [3.05, 3.63) is 54.2 Å². The molecular weight excluding hydrogens is 1110 g/mol. The van der Waals surface area contributed by atoms with Gasteiger partial charge in [0.15, 0.2) is 0 Å². The molecule has 31 heteroatoms. The predicted molar refractivity (Wildman–Crippen MR) is 303 cm³/mol. The molecule has 0 spiro atoms. The molecule has 2 aromatic heterocycles. The van der Waals surface area contributed by atoms with Gasteiger partial charge in [-0.2, -0.15) is 0 Å². The van der Waals surface area contributed by atoms with Crippen molar-refractivity contribution in [1.29, 1.82) is 0 Å². The standard InChI is InChI=1S/C51H76N16O13S2/c1-25(2)15-34-47(76)64-36(17-28-20-56-24-59-28)49(78)66-38(43(55)72)23-82-81-22-30(53)44(73)67-42(26(3)4)51(80)65-35(16-27-19-57-31-10-6-5-9-29(27)31)48(77)62-33(12-13-41(70)71)45(74)58-21-40(69)60-37(18-39(54)68)50(79)61-32(46(75)63-34)11-7-8-14-52/h5-6,9-10,19-20,24-26,30,32-38,42,57H,7-8,11-18,21-23,52-53H2,1-4H3,(H2,54,68)(H2,55,72)(H,56,59)(H,58,74)(H,60,69)(H,61,79)(H,62,77)(H,63,75)(H,64,76)(H,65,80)(H,66,78)(H,67,73)(H,70,71)/t30-,32-,33-,34-,35-,36-,37-,38-,42-/m0/s1. The molecule has 1 aliphatic heterocycles. The molecule has 3 aromatic rings. The molecule has 0 unspecified atom stereocenters. The number of carbonyl (C=O) groups is 12. The number of hydrogen-bond acceptors (Lipinski definition) is 17. The van der Waals surface area contributed by atoms with Gasteiger partial charge in [0.2, 0.25) is 65.0 Å². The number of H-pyrrole nitrogens is 2. The summed E-state index contributed by atoms with van der Waals surface area (Å²) in [6.07, 6.45) is 2.66. The largest absolute Gasteiger partial charge is 0.481 e. The van der Waals surface area contributed by atoms with Gasteiger partial charge >= 0.3 is 5.97 Å². The van der Waals surface area contributed by atoms with E-state index >= 15 is 0 Å². The molecule has 9 atom stereocenters. The highest BCUT2D eigenvalue weighted by Crippen LogP contribution is 2.24. The summed E-state index contributed by atoms with van der Waals surface area (Å²) < 4.78 is 0. The number of para-hydroxylation sites is 1. The number of carbonyl (C=O) groups excluding carboxylic acids is 11. The van der Waals surface area contributed by atoms with E-state index in [9.17, 15) is 62.6 Å². The minimum absolute atomic E-state index is 0.0151. The molecule has 0 saturated carbocycles. The molecule has 3 heterocycles. The maximum atomic E-state index is 14.4. The Morgan fingerprint density at radius 3 is 1.90 bits per heavy atom. The summed E-state index contributed by atoms with van der Waals surface area (Å²) in [5.41, 5.74) is 24.9. The van der Waals surface area contributed by atoms with Crippen LogP contribution in [-0.2, 0) is 70.4 Å². The van der Waals surface area contributed by atoms with Crippen LogP contribution in [0.25, 0.3) is 10.9 Å². The minimum atomic E-state index is -1.75. The van der Waals surface area contributed by atoms with E-state index in [0.29, 0.717) is 28.6 Å². The van der Waals surface area contributed by atoms with Gasteiger partial charge in [0.1, 0.15) is 48.3 Å². The van der Waals surface area contributed by atoms with E-state index in [1.165, 1.54) is 12.5 Å². The van der Waals surface area contributed by atoms with E-state index in [4.69, 9.17) is 22.9 Å². The Hall–Kier alpha value is -7.77. The van der Waals surface area contributed by atoms with Gasteiger partial charge in [-0.15, -0.1) is 0 Å². The number of benzene rings is 1. The van der Waals surface area contributed by atoms with Gasteiger partial charge < -0.3 is 85.9 Å². The Morgan fingerprint density at radius 2 is 1.27 bits per heavy atom. The number of imidazole rings is 1. The van der Waals surface area contributed by atoms with Crippen LogP contribution in [0.2, 0.25) is 0 Å². The van der Waals surface area contributed by atoms with Crippen LogP contribution in [0.1, 0.15) is 83.9 Å². The van der Waals surface area contributed by atoms with E-state index < -0.39 is 157 Å². The molecule has 0 aliphatic carbocycles. The molecule has 29 nitrogen and oxygen atoms in total.